The fraction of sp³-hybridized carbons (Fsp3) is 0.400. The maximum absolute atomic E-state index is 2.63. The van der Waals surface area contributed by atoms with Crippen LogP contribution in [0.2, 0.25) is 39.3 Å². The Hall–Kier alpha value is -0.909. The van der Waals surface area contributed by atoms with E-state index in [1.807, 2.05) is 0 Å². The van der Waals surface area contributed by atoms with Crippen LogP contribution in [0.4, 0.5) is 0 Å². The van der Waals surface area contributed by atoms with Gasteiger partial charge in [0.15, 0.2) is 0 Å². The van der Waals surface area contributed by atoms with Crippen molar-refractivity contribution in [3.05, 3.63) is 66.2 Å². The summed E-state index contributed by atoms with van der Waals surface area (Å²) in [7, 11) is -4.36. The summed E-state index contributed by atoms with van der Waals surface area (Å²) in [5.74, 6) is 0. The molecule has 0 aromatic heterocycles. The molecule has 2 aromatic rings. The lowest BCUT2D eigenvalue weighted by Gasteiger charge is -2.54. The van der Waals surface area contributed by atoms with E-state index in [9.17, 15) is 0 Å². The lowest BCUT2D eigenvalue weighted by molar-refractivity contribution is 1.05. The molecule has 2 aromatic carbocycles. The molecule has 23 heavy (non-hydrogen) atoms. The molecule has 0 N–H and O–H groups in total. The maximum Gasteiger partial charge on any atom is 0.0803 e. The molecule has 1 atom stereocenters. The molecule has 124 valence electrons. The highest BCUT2D eigenvalue weighted by molar-refractivity contribution is 7.73. The molecule has 0 aliphatic rings. The minimum atomic E-state index is -1.64. The van der Waals surface area contributed by atoms with Crippen molar-refractivity contribution in [1.29, 1.82) is 0 Å². The first-order valence-corrected chi connectivity index (χ1v) is 19.8. The summed E-state index contributed by atoms with van der Waals surface area (Å²) in [6, 6.07) is 22.9. The van der Waals surface area contributed by atoms with Crippen molar-refractivity contribution in [3.8, 4) is 0 Å². The minimum Gasteiger partial charge on any atom is -0.0713 e. The van der Waals surface area contributed by atoms with Gasteiger partial charge in [0.25, 0.3) is 0 Å². The summed E-state index contributed by atoms with van der Waals surface area (Å²) < 4.78 is 0. The van der Waals surface area contributed by atoms with Gasteiger partial charge >= 0.3 is 0 Å². The smallest absolute Gasteiger partial charge is 0.0713 e. The molecule has 0 saturated carbocycles. The summed E-state index contributed by atoms with van der Waals surface area (Å²) in [6.45, 7) is 18.3. The molecule has 0 fully saturated rings. The Bertz CT molecular complexity index is 607. The van der Waals surface area contributed by atoms with Gasteiger partial charge in [0.05, 0.1) is 7.11 Å². The van der Waals surface area contributed by atoms with Crippen LogP contribution >= 0.6 is 0 Å². The van der Waals surface area contributed by atoms with Crippen molar-refractivity contribution >= 4 is 27.5 Å². The van der Waals surface area contributed by atoms with E-state index in [2.05, 4.69) is 107 Å². The number of benzene rings is 2. The van der Waals surface area contributed by atoms with E-state index in [-0.39, 0.29) is 0 Å². The third kappa shape index (κ3) is 3.19. The molecule has 0 nitrogen and oxygen atoms in total. The van der Waals surface area contributed by atoms with Gasteiger partial charge in [-0.05, 0) is 11.1 Å². The van der Waals surface area contributed by atoms with E-state index >= 15 is 0 Å². The predicted octanol–water partition coefficient (Wildman–Crippen LogP) is 5.52. The van der Waals surface area contributed by atoms with Gasteiger partial charge in [0.2, 0.25) is 0 Å². The summed E-state index contributed by atoms with van der Waals surface area (Å²) in [5, 5.41) is 1.70. The van der Waals surface area contributed by atoms with Crippen LogP contribution in [-0.2, 0) is 0 Å². The topological polar surface area (TPSA) is 0 Å². The first-order valence-electron chi connectivity index (χ1n) is 8.73. The third-order valence-electron chi connectivity index (χ3n) is 5.54. The molecule has 2 rings (SSSR count). The van der Waals surface area contributed by atoms with Crippen LogP contribution in [0.15, 0.2) is 60.7 Å². The average molecular weight is 357 g/mol. The normalized spacial score (nSPS) is 14.6. The van der Waals surface area contributed by atoms with Gasteiger partial charge in [-0.3, -0.25) is 0 Å². The number of rotatable bonds is 5. The van der Waals surface area contributed by atoms with Gasteiger partial charge in [-0.1, -0.05) is 112 Å². The van der Waals surface area contributed by atoms with E-state index in [1.165, 1.54) is 0 Å². The Balaban J connectivity index is 2.78. The molecule has 3 heteroatoms. The van der Waals surface area contributed by atoms with Crippen molar-refractivity contribution in [2.45, 2.75) is 51.7 Å². The van der Waals surface area contributed by atoms with Crippen molar-refractivity contribution in [2.75, 3.05) is 0 Å². The number of hydrogen-bond donors (Lipinski definition) is 0. The molecule has 0 aliphatic heterocycles. The third-order valence-corrected chi connectivity index (χ3v) is 45.2. The standard InChI is InChI=1S/C20H32Si3/c1-18(19-14-10-8-11-15-19)23(21(2,3)4,22(5,6)7)20-16-12-9-13-17-20/h8-18H,1-7H3. The van der Waals surface area contributed by atoms with Crippen LogP contribution in [-0.4, -0.2) is 22.3 Å². The van der Waals surface area contributed by atoms with E-state index in [0.717, 1.165) is 0 Å². The van der Waals surface area contributed by atoms with E-state index in [0.29, 0.717) is 5.54 Å². The van der Waals surface area contributed by atoms with Gasteiger partial charge in [-0.15, -0.1) is 0 Å². The van der Waals surface area contributed by atoms with Crippen LogP contribution in [0.1, 0.15) is 18.0 Å². The first-order chi connectivity index (χ1) is 10.6. The maximum atomic E-state index is 2.63. The van der Waals surface area contributed by atoms with Crippen molar-refractivity contribution in [2.24, 2.45) is 0 Å². The highest BCUT2D eigenvalue weighted by Crippen LogP contribution is 2.40. The number of hydrogen-bond acceptors (Lipinski definition) is 0. The van der Waals surface area contributed by atoms with Crippen LogP contribution in [0, 0.1) is 0 Å². The minimum absolute atomic E-state index is 0.685. The van der Waals surface area contributed by atoms with E-state index in [1.54, 1.807) is 10.8 Å². The van der Waals surface area contributed by atoms with Gasteiger partial charge in [0.1, 0.15) is 0 Å². The van der Waals surface area contributed by atoms with Crippen LogP contribution in [0.5, 0.6) is 0 Å². The highest BCUT2D eigenvalue weighted by Gasteiger charge is 2.58. The molecule has 0 saturated heterocycles. The molecule has 0 spiro atoms. The summed E-state index contributed by atoms with van der Waals surface area (Å²) >= 11 is 0. The average Bonchev–Trinajstić information content (AvgIpc) is 2.47. The molecule has 0 amide bonds. The quantitative estimate of drug-likeness (QED) is 0.619. The molecular weight excluding hydrogens is 324 g/mol. The molecule has 1 unspecified atom stereocenters. The lowest BCUT2D eigenvalue weighted by Crippen LogP contribution is -2.80. The fourth-order valence-electron chi connectivity index (χ4n) is 5.23. The van der Waals surface area contributed by atoms with E-state index < -0.39 is 22.3 Å². The zero-order valence-corrected chi connectivity index (χ0v) is 18.9. The Kier molecular flexibility index (Phi) is 5.24. The zero-order valence-electron chi connectivity index (χ0n) is 15.9. The zero-order chi connectivity index (χ0) is 17.3. The predicted molar refractivity (Wildman–Crippen MR) is 113 cm³/mol. The van der Waals surface area contributed by atoms with Crippen molar-refractivity contribution in [1.82, 2.24) is 0 Å². The Morgan fingerprint density at radius 1 is 0.609 bits per heavy atom. The Morgan fingerprint density at radius 2 is 1.00 bits per heavy atom. The molecule has 0 aliphatic carbocycles. The van der Waals surface area contributed by atoms with Crippen LogP contribution in [0.3, 0.4) is 0 Å². The second-order valence-corrected chi connectivity index (χ2v) is 36.1. The SMILES string of the molecule is CC(c1ccccc1)[Si](c1ccccc1)([Si](C)(C)C)[Si](C)(C)C. The van der Waals surface area contributed by atoms with Gasteiger partial charge in [-0.25, -0.2) is 0 Å². The molecule has 0 heterocycles. The van der Waals surface area contributed by atoms with E-state index in [4.69, 9.17) is 0 Å². The fourth-order valence-corrected chi connectivity index (χ4v) is 55.7. The van der Waals surface area contributed by atoms with Crippen LogP contribution < -0.4 is 5.19 Å². The second kappa shape index (κ2) is 6.54. The monoisotopic (exact) mass is 356 g/mol. The van der Waals surface area contributed by atoms with Gasteiger partial charge in [-0.2, -0.15) is 0 Å². The Morgan fingerprint density at radius 3 is 1.39 bits per heavy atom. The molecule has 0 radical (unpaired) electrons. The highest BCUT2D eigenvalue weighted by atomic mass is 29.6. The van der Waals surface area contributed by atoms with Crippen molar-refractivity contribution < 1.29 is 0 Å². The van der Waals surface area contributed by atoms with Crippen molar-refractivity contribution in [3.63, 3.8) is 0 Å². The summed E-state index contributed by atoms with van der Waals surface area (Å²) in [5.41, 5.74) is 2.23. The van der Waals surface area contributed by atoms with Gasteiger partial charge < -0.3 is 0 Å². The van der Waals surface area contributed by atoms with Gasteiger partial charge in [0, 0.05) is 15.2 Å². The van der Waals surface area contributed by atoms with Crippen LogP contribution in [0.25, 0.3) is 0 Å². The summed E-state index contributed by atoms with van der Waals surface area (Å²) in [4.78, 5) is 0. The molecule has 0 bridgehead atoms. The second-order valence-electron chi connectivity index (χ2n) is 8.81. The Labute approximate surface area is 145 Å². The lowest BCUT2D eigenvalue weighted by atomic mass is 10.2. The summed E-state index contributed by atoms with van der Waals surface area (Å²) in [6.07, 6.45) is 0. The molecular formula is C20H32Si3. The largest absolute Gasteiger partial charge is 0.0803 e. The first kappa shape index (κ1) is 18.4.